The van der Waals surface area contributed by atoms with Crippen molar-refractivity contribution in [3.05, 3.63) is 72.0 Å². The van der Waals surface area contributed by atoms with Gasteiger partial charge in [-0.3, -0.25) is 4.79 Å². The van der Waals surface area contributed by atoms with Gasteiger partial charge in [0.05, 0.1) is 11.4 Å². The van der Waals surface area contributed by atoms with Gasteiger partial charge in [0.15, 0.2) is 0 Å². The second kappa shape index (κ2) is 10.4. The van der Waals surface area contributed by atoms with Crippen LogP contribution < -0.4 is 10.2 Å². The maximum absolute atomic E-state index is 12.9. The molecule has 0 unspecified atom stereocenters. The molecule has 31 heavy (non-hydrogen) atoms. The monoisotopic (exact) mass is 436 g/mol. The van der Waals surface area contributed by atoms with Gasteiger partial charge in [0.25, 0.3) is 0 Å². The summed E-state index contributed by atoms with van der Waals surface area (Å²) >= 11 is 1.34. The molecule has 160 valence electrons. The van der Waals surface area contributed by atoms with Crippen molar-refractivity contribution in [1.82, 2.24) is 15.5 Å². The SMILES string of the molecule is O=C(CSc1ccc(-c2ccc(N3CCCCC3)cc2)nn1)NCc1ccc(F)cc1. The molecule has 0 radical (unpaired) electrons. The van der Waals surface area contributed by atoms with Crippen molar-refractivity contribution in [3.8, 4) is 11.3 Å². The maximum atomic E-state index is 12.9. The Balaban J connectivity index is 1.26. The molecule has 1 aliphatic heterocycles. The predicted octanol–water partition coefficient (Wildman–Crippen LogP) is 4.68. The number of carbonyl (C=O) groups excluding carboxylic acids is 1. The van der Waals surface area contributed by atoms with Gasteiger partial charge >= 0.3 is 0 Å². The lowest BCUT2D eigenvalue weighted by Crippen LogP contribution is -2.29. The van der Waals surface area contributed by atoms with Gasteiger partial charge in [0, 0.05) is 30.9 Å². The van der Waals surface area contributed by atoms with Crippen molar-refractivity contribution >= 4 is 23.4 Å². The summed E-state index contributed by atoms with van der Waals surface area (Å²) in [5.41, 5.74) is 3.96. The minimum absolute atomic E-state index is 0.103. The number of anilines is 1. The zero-order chi connectivity index (χ0) is 21.5. The summed E-state index contributed by atoms with van der Waals surface area (Å²) in [5, 5.41) is 12.1. The van der Waals surface area contributed by atoms with E-state index >= 15 is 0 Å². The summed E-state index contributed by atoms with van der Waals surface area (Å²) in [5.74, 6) is -0.140. The van der Waals surface area contributed by atoms with Crippen LogP contribution in [-0.2, 0) is 11.3 Å². The highest BCUT2D eigenvalue weighted by Gasteiger charge is 2.11. The Labute approximate surface area is 186 Å². The molecule has 7 heteroatoms. The smallest absolute Gasteiger partial charge is 0.230 e. The predicted molar refractivity (Wildman–Crippen MR) is 123 cm³/mol. The summed E-state index contributed by atoms with van der Waals surface area (Å²) in [4.78, 5) is 14.5. The third-order valence-electron chi connectivity index (χ3n) is 5.28. The summed E-state index contributed by atoms with van der Waals surface area (Å²) in [6.07, 6.45) is 3.84. The molecule has 5 nitrogen and oxygen atoms in total. The van der Waals surface area contributed by atoms with Crippen molar-refractivity contribution in [2.45, 2.75) is 30.8 Å². The molecule has 0 atom stereocenters. The zero-order valence-electron chi connectivity index (χ0n) is 17.3. The first-order valence-corrected chi connectivity index (χ1v) is 11.5. The minimum atomic E-state index is -0.286. The van der Waals surface area contributed by atoms with Crippen molar-refractivity contribution in [2.75, 3.05) is 23.7 Å². The fraction of sp³-hybridized carbons (Fsp3) is 0.292. The van der Waals surface area contributed by atoms with Crippen LogP contribution in [0.2, 0.25) is 0 Å². The number of aromatic nitrogens is 2. The number of nitrogens with one attached hydrogen (secondary N) is 1. The molecule has 1 aromatic heterocycles. The number of halogens is 1. The molecular formula is C24H25FN4OS. The van der Waals surface area contributed by atoms with E-state index in [9.17, 15) is 9.18 Å². The Morgan fingerprint density at radius 1 is 0.935 bits per heavy atom. The lowest BCUT2D eigenvalue weighted by atomic mass is 10.1. The summed E-state index contributed by atoms with van der Waals surface area (Å²) in [6.45, 7) is 2.63. The molecule has 0 bridgehead atoms. The number of benzene rings is 2. The van der Waals surface area contributed by atoms with Crippen molar-refractivity contribution < 1.29 is 9.18 Å². The number of hydrogen-bond donors (Lipinski definition) is 1. The van der Waals surface area contributed by atoms with Crippen LogP contribution in [0.4, 0.5) is 10.1 Å². The van der Waals surface area contributed by atoms with E-state index in [2.05, 4.69) is 44.7 Å². The second-order valence-corrected chi connectivity index (χ2v) is 8.54. The normalized spacial score (nSPS) is 13.8. The van der Waals surface area contributed by atoms with Crippen LogP contribution in [-0.4, -0.2) is 34.9 Å². The first-order valence-electron chi connectivity index (χ1n) is 10.5. The summed E-state index contributed by atoms with van der Waals surface area (Å²) in [6, 6.07) is 18.4. The standard InChI is InChI=1S/C24H25FN4OS/c25-20-8-4-18(5-9-20)16-26-23(30)17-31-24-13-12-22(27-28-24)19-6-10-21(11-7-19)29-14-2-1-3-15-29/h4-13H,1-3,14-17H2,(H,26,30). The van der Waals surface area contributed by atoms with Crippen molar-refractivity contribution in [3.63, 3.8) is 0 Å². The van der Waals surface area contributed by atoms with Crippen LogP contribution >= 0.6 is 11.8 Å². The van der Waals surface area contributed by atoms with E-state index in [1.165, 1.54) is 48.8 Å². The molecule has 3 aromatic rings. The van der Waals surface area contributed by atoms with Crippen LogP contribution in [0.1, 0.15) is 24.8 Å². The average Bonchev–Trinajstić information content (AvgIpc) is 2.83. The number of carbonyl (C=O) groups is 1. The minimum Gasteiger partial charge on any atom is -0.372 e. The van der Waals surface area contributed by atoms with E-state index in [4.69, 9.17) is 0 Å². The molecule has 2 heterocycles. The highest BCUT2D eigenvalue weighted by atomic mass is 32.2. The molecule has 1 aliphatic rings. The molecule has 0 aliphatic carbocycles. The Bertz CT molecular complexity index is 988. The lowest BCUT2D eigenvalue weighted by Gasteiger charge is -2.28. The first-order chi connectivity index (χ1) is 15.2. The van der Waals surface area contributed by atoms with Gasteiger partial charge in [0.1, 0.15) is 10.8 Å². The lowest BCUT2D eigenvalue weighted by molar-refractivity contribution is -0.118. The van der Waals surface area contributed by atoms with Crippen LogP contribution in [0.5, 0.6) is 0 Å². The summed E-state index contributed by atoms with van der Waals surface area (Å²) in [7, 11) is 0. The van der Waals surface area contributed by atoms with Gasteiger partial charge in [-0.15, -0.1) is 10.2 Å². The molecule has 4 rings (SSSR count). The number of nitrogens with zero attached hydrogens (tertiary/aromatic N) is 3. The van der Waals surface area contributed by atoms with Gasteiger partial charge < -0.3 is 10.2 Å². The molecule has 0 spiro atoms. The van der Waals surface area contributed by atoms with Crippen LogP contribution in [0, 0.1) is 5.82 Å². The number of thioether (sulfide) groups is 1. The van der Waals surface area contributed by atoms with E-state index in [1.807, 2.05) is 12.1 Å². The maximum Gasteiger partial charge on any atom is 0.230 e. The molecule has 1 fully saturated rings. The van der Waals surface area contributed by atoms with Gasteiger partial charge in [-0.1, -0.05) is 36.0 Å². The van der Waals surface area contributed by atoms with E-state index < -0.39 is 0 Å². The highest BCUT2D eigenvalue weighted by Crippen LogP contribution is 2.25. The van der Waals surface area contributed by atoms with Gasteiger partial charge in [-0.25, -0.2) is 4.39 Å². The first kappa shape index (κ1) is 21.3. The molecule has 2 aromatic carbocycles. The Kier molecular flexibility index (Phi) is 7.14. The van der Waals surface area contributed by atoms with E-state index in [1.54, 1.807) is 12.1 Å². The zero-order valence-corrected chi connectivity index (χ0v) is 18.1. The molecule has 1 N–H and O–H groups in total. The Morgan fingerprint density at radius 3 is 2.35 bits per heavy atom. The van der Waals surface area contributed by atoms with Crippen LogP contribution in [0.15, 0.2) is 65.7 Å². The van der Waals surface area contributed by atoms with E-state index in [0.717, 1.165) is 29.9 Å². The Morgan fingerprint density at radius 2 is 1.68 bits per heavy atom. The van der Waals surface area contributed by atoms with Gasteiger partial charge in [0.2, 0.25) is 5.91 Å². The number of rotatable bonds is 7. The average molecular weight is 437 g/mol. The Hall–Kier alpha value is -2.93. The molecule has 0 saturated carbocycles. The van der Waals surface area contributed by atoms with E-state index in [-0.39, 0.29) is 17.5 Å². The van der Waals surface area contributed by atoms with Gasteiger partial charge in [-0.05, 0) is 61.2 Å². The highest BCUT2D eigenvalue weighted by molar-refractivity contribution is 7.99. The quantitative estimate of drug-likeness (QED) is 0.545. The molecule has 1 saturated heterocycles. The summed E-state index contributed by atoms with van der Waals surface area (Å²) < 4.78 is 12.9. The number of hydrogen-bond acceptors (Lipinski definition) is 5. The third-order valence-corrected chi connectivity index (χ3v) is 6.20. The third kappa shape index (κ3) is 6.04. The van der Waals surface area contributed by atoms with Crippen molar-refractivity contribution in [2.24, 2.45) is 0 Å². The van der Waals surface area contributed by atoms with Crippen LogP contribution in [0.25, 0.3) is 11.3 Å². The van der Waals surface area contributed by atoms with Crippen molar-refractivity contribution in [1.29, 1.82) is 0 Å². The number of piperidine rings is 1. The molecular weight excluding hydrogens is 411 g/mol. The fourth-order valence-electron chi connectivity index (χ4n) is 3.54. The number of amides is 1. The van der Waals surface area contributed by atoms with E-state index in [0.29, 0.717) is 11.6 Å². The second-order valence-electron chi connectivity index (χ2n) is 7.54. The topological polar surface area (TPSA) is 58.1 Å². The van der Waals surface area contributed by atoms with Crippen LogP contribution in [0.3, 0.4) is 0 Å². The van der Waals surface area contributed by atoms with Gasteiger partial charge in [-0.2, -0.15) is 0 Å². The largest absolute Gasteiger partial charge is 0.372 e. The molecule has 1 amide bonds. The fourth-order valence-corrected chi connectivity index (χ4v) is 4.18.